The number of rotatable bonds is 7. The first-order valence-corrected chi connectivity index (χ1v) is 7.52. The van der Waals surface area contributed by atoms with Crippen LogP contribution in [-0.4, -0.2) is 18.8 Å². The lowest BCUT2D eigenvalue weighted by Crippen LogP contribution is -2.44. The molecular formula is C16H24N2O2. The summed E-state index contributed by atoms with van der Waals surface area (Å²) in [5.41, 5.74) is 4.12. The Kier molecular flexibility index (Phi) is 3.96. The van der Waals surface area contributed by atoms with Gasteiger partial charge >= 0.3 is 0 Å². The molecule has 4 heteroatoms. The molecule has 0 spiro atoms. The van der Waals surface area contributed by atoms with Gasteiger partial charge in [-0.05, 0) is 56.2 Å². The van der Waals surface area contributed by atoms with Crippen LogP contribution in [0.2, 0.25) is 0 Å². The Hall–Kier alpha value is -1.10. The van der Waals surface area contributed by atoms with Gasteiger partial charge in [0.25, 0.3) is 0 Å². The zero-order chi connectivity index (χ0) is 14.0. The van der Waals surface area contributed by atoms with E-state index in [2.05, 4.69) is 17.6 Å². The van der Waals surface area contributed by atoms with Crippen LogP contribution in [0.4, 0.5) is 0 Å². The Morgan fingerprint density at radius 3 is 2.75 bits per heavy atom. The van der Waals surface area contributed by atoms with E-state index in [0.717, 1.165) is 25.0 Å². The van der Waals surface area contributed by atoms with Gasteiger partial charge in [0.05, 0.1) is 11.7 Å². The summed E-state index contributed by atoms with van der Waals surface area (Å²) in [6, 6.07) is 8.37. The lowest BCUT2D eigenvalue weighted by atomic mass is 9.75. The van der Waals surface area contributed by atoms with Crippen molar-refractivity contribution in [3.8, 4) is 5.75 Å². The molecule has 3 N–H and O–H groups in total. The molecule has 2 fully saturated rings. The van der Waals surface area contributed by atoms with Crippen LogP contribution in [0, 0.1) is 0 Å². The second-order valence-electron chi connectivity index (χ2n) is 6.05. The van der Waals surface area contributed by atoms with E-state index in [0.29, 0.717) is 6.10 Å². The Morgan fingerprint density at radius 1 is 1.40 bits per heavy atom. The van der Waals surface area contributed by atoms with Crippen LogP contribution in [0.25, 0.3) is 0 Å². The van der Waals surface area contributed by atoms with Gasteiger partial charge < -0.3 is 9.47 Å². The standard InChI is InChI=1S/C16H24N2O2/c1-19-16(8-3-9-16)11-15(18-17)12-4-2-5-14(10-12)20-13-6-7-13/h2,4-5,10,13,15,18H,3,6-9,11,17H2,1H3. The maximum atomic E-state index is 5.86. The largest absolute Gasteiger partial charge is 0.490 e. The number of ether oxygens (including phenoxy) is 2. The highest BCUT2D eigenvalue weighted by Crippen LogP contribution is 2.42. The van der Waals surface area contributed by atoms with Crippen molar-refractivity contribution in [3.63, 3.8) is 0 Å². The number of nitrogens with two attached hydrogens (primary N) is 1. The summed E-state index contributed by atoms with van der Waals surface area (Å²) in [5, 5.41) is 0. The highest BCUT2D eigenvalue weighted by molar-refractivity contribution is 5.31. The van der Waals surface area contributed by atoms with E-state index in [1.165, 1.54) is 24.8 Å². The van der Waals surface area contributed by atoms with Crippen LogP contribution < -0.4 is 16.0 Å². The summed E-state index contributed by atoms with van der Waals surface area (Å²) in [6.07, 6.45) is 7.18. The summed E-state index contributed by atoms with van der Waals surface area (Å²) in [6.45, 7) is 0. The first-order chi connectivity index (χ1) is 9.74. The number of methoxy groups -OCH3 is 1. The molecule has 0 aromatic heterocycles. The number of hydrazine groups is 1. The van der Waals surface area contributed by atoms with Crippen molar-refractivity contribution >= 4 is 0 Å². The minimum absolute atomic E-state index is 0.00436. The van der Waals surface area contributed by atoms with E-state index in [9.17, 15) is 0 Å². The molecule has 0 amide bonds. The minimum Gasteiger partial charge on any atom is -0.490 e. The van der Waals surface area contributed by atoms with Gasteiger partial charge in [-0.25, -0.2) is 0 Å². The van der Waals surface area contributed by atoms with Crippen LogP contribution in [0.1, 0.15) is 50.1 Å². The van der Waals surface area contributed by atoms with Gasteiger partial charge in [-0.3, -0.25) is 11.3 Å². The number of hydrogen-bond acceptors (Lipinski definition) is 4. The first kappa shape index (κ1) is 13.9. The van der Waals surface area contributed by atoms with Crippen molar-refractivity contribution in [2.45, 2.75) is 56.3 Å². The molecule has 2 saturated carbocycles. The van der Waals surface area contributed by atoms with E-state index >= 15 is 0 Å². The molecule has 20 heavy (non-hydrogen) atoms. The van der Waals surface area contributed by atoms with Gasteiger partial charge in [0.15, 0.2) is 0 Å². The second-order valence-corrected chi connectivity index (χ2v) is 6.05. The molecule has 1 atom stereocenters. The summed E-state index contributed by atoms with van der Waals surface area (Å²) < 4.78 is 11.6. The predicted molar refractivity (Wildman–Crippen MR) is 78.4 cm³/mol. The Morgan fingerprint density at radius 2 is 2.20 bits per heavy atom. The van der Waals surface area contributed by atoms with Crippen molar-refractivity contribution in [2.24, 2.45) is 5.84 Å². The van der Waals surface area contributed by atoms with Gasteiger partial charge in [0.1, 0.15) is 5.75 Å². The van der Waals surface area contributed by atoms with Gasteiger partial charge in [-0.15, -0.1) is 0 Å². The molecule has 3 rings (SSSR count). The molecule has 1 aromatic rings. The predicted octanol–water partition coefficient (Wildman–Crippen LogP) is 2.69. The zero-order valence-corrected chi connectivity index (χ0v) is 12.1. The number of benzene rings is 1. The van der Waals surface area contributed by atoms with Crippen LogP contribution >= 0.6 is 0 Å². The molecule has 1 aromatic carbocycles. The molecule has 4 nitrogen and oxygen atoms in total. The average Bonchev–Trinajstić information content (AvgIpc) is 3.23. The van der Waals surface area contributed by atoms with E-state index in [-0.39, 0.29) is 11.6 Å². The normalized spacial score (nSPS) is 22.1. The summed E-state index contributed by atoms with van der Waals surface area (Å²) in [4.78, 5) is 0. The second kappa shape index (κ2) is 5.72. The lowest BCUT2D eigenvalue weighted by Gasteiger charge is -2.42. The van der Waals surface area contributed by atoms with E-state index in [4.69, 9.17) is 15.3 Å². The quantitative estimate of drug-likeness (QED) is 0.594. The van der Waals surface area contributed by atoms with Crippen molar-refractivity contribution in [3.05, 3.63) is 29.8 Å². The van der Waals surface area contributed by atoms with Crippen molar-refractivity contribution in [2.75, 3.05) is 7.11 Å². The van der Waals surface area contributed by atoms with Crippen LogP contribution in [0.15, 0.2) is 24.3 Å². The third-order valence-corrected chi connectivity index (χ3v) is 4.56. The van der Waals surface area contributed by atoms with Crippen molar-refractivity contribution in [1.82, 2.24) is 5.43 Å². The number of hydrogen-bond donors (Lipinski definition) is 2. The maximum Gasteiger partial charge on any atom is 0.120 e. The third-order valence-electron chi connectivity index (χ3n) is 4.56. The van der Waals surface area contributed by atoms with Crippen LogP contribution in [-0.2, 0) is 4.74 Å². The highest BCUT2D eigenvalue weighted by Gasteiger charge is 2.39. The lowest BCUT2D eigenvalue weighted by molar-refractivity contribution is -0.0838. The molecule has 0 radical (unpaired) electrons. The van der Waals surface area contributed by atoms with Crippen molar-refractivity contribution < 1.29 is 9.47 Å². The Balaban J connectivity index is 1.70. The SMILES string of the molecule is COC1(CC(NN)c2cccc(OC3CC3)c2)CCC1. The molecule has 2 aliphatic rings. The zero-order valence-electron chi connectivity index (χ0n) is 12.1. The molecule has 2 aliphatic carbocycles. The van der Waals surface area contributed by atoms with Crippen LogP contribution in [0.3, 0.4) is 0 Å². The highest BCUT2D eigenvalue weighted by atomic mass is 16.5. The third kappa shape index (κ3) is 2.97. The fraction of sp³-hybridized carbons (Fsp3) is 0.625. The minimum atomic E-state index is 0.00436. The van der Waals surface area contributed by atoms with Crippen LogP contribution in [0.5, 0.6) is 5.75 Å². The Bertz CT molecular complexity index is 450. The average molecular weight is 276 g/mol. The molecule has 0 saturated heterocycles. The summed E-state index contributed by atoms with van der Waals surface area (Å²) in [7, 11) is 1.80. The molecule has 0 aliphatic heterocycles. The van der Waals surface area contributed by atoms with E-state index in [1.807, 2.05) is 12.1 Å². The van der Waals surface area contributed by atoms with Crippen molar-refractivity contribution in [1.29, 1.82) is 0 Å². The summed E-state index contributed by atoms with van der Waals surface area (Å²) >= 11 is 0. The fourth-order valence-electron chi connectivity index (χ4n) is 2.89. The summed E-state index contributed by atoms with van der Waals surface area (Å²) in [5.74, 6) is 6.71. The fourth-order valence-corrected chi connectivity index (χ4v) is 2.89. The molecule has 1 unspecified atom stereocenters. The van der Waals surface area contributed by atoms with Gasteiger partial charge in [0, 0.05) is 13.2 Å². The molecule has 0 heterocycles. The van der Waals surface area contributed by atoms with E-state index < -0.39 is 0 Å². The monoisotopic (exact) mass is 276 g/mol. The number of nitrogens with one attached hydrogen (secondary N) is 1. The molecular weight excluding hydrogens is 252 g/mol. The smallest absolute Gasteiger partial charge is 0.120 e. The van der Waals surface area contributed by atoms with Gasteiger partial charge in [0.2, 0.25) is 0 Å². The topological polar surface area (TPSA) is 56.5 Å². The molecule has 0 bridgehead atoms. The van der Waals surface area contributed by atoms with Gasteiger partial charge in [-0.2, -0.15) is 0 Å². The molecule has 110 valence electrons. The van der Waals surface area contributed by atoms with Gasteiger partial charge in [-0.1, -0.05) is 12.1 Å². The first-order valence-electron chi connectivity index (χ1n) is 7.52. The Labute approximate surface area is 120 Å². The van der Waals surface area contributed by atoms with E-state index in [1.54, 1.807) is 7.11 Å². The maximum absolute atomic E-state index is 5.86.